The zero-order valence-electron chi connectivity index (χ0n) is 11.4. The normalized spacial score (nSPS) is 24.4. The van der Waals surface area contributed by atoms with Gasteiger partial charge in [-0.25, -0.2) is 0 Å². The largest absolute Gasteiger partial charge is 0.373 e. The molecular formula is C14H16N2OS3. The van der Waals surface area contributed by atoms with Gasteiger partial charge in [-0.05, 0) is 23.8 Å². The second-order valence-electron chi connectivity index (χ2n) is 4.90. The Bertz CT molecular complexity index is 588. The molecule has 1 fully saturated rings. The summed E-state index contributed by atoms with van der Waals surface area (Å²) in [6.45, 7) is 1.09. The van der Waals surface area contributed by atoms with Crippen molar-refractivity contribution in [2.24, 2.45) is 0 Å². The molecule has 2 aliphatic heterocycles. The van der Waals surface area contributed by atoms with E-state index in [1.165, 1.54) is 22.3 Å². The van der Waals surface area contributed by atoms with Crippen molar-refractivity contribution in [3.63, 3.8) is 0 Å². The van der Waals surface area contributed by atoms with E-state index < -0.39 is 6.23 Å². The molecule has 2 aliphatic rings. The molecule has 1 saturated heterocycles. The third-order valence-electron chi connectivity index (χ3n) is 3.50. The molecule has 0 aliphatic carbocycles. The molecule has 20 heavy (non-hydrogen) atoms. The molecular weight excluding hydrogens is 308 g/mol. The van der Waals surface area contributed by atoms with E-state index in [2.05, 4.69) is 30.1 Å². The Balaban J connectivity index is 1.91. The number of thiocarbonyl (C=S) groups is 1. The third-order valence-corrected chi connectivity index (χ3v) is 6.09. The molecule has 3 nitrogen and oxygen atoms in total. The van der Waals surface area contributed by atoms with E-state index >= 15 is 0 Å². The van der Waals surface area contributed by atoms with Crippen LogP contribution in [-0.4, -0.2) is 46.9 Å². The number of likely N-dealkylation sites (N-methyl/N-ethyl adjacent to an activating group) is 1. The van der Waals surface area contributed by atoms with Crippen LogP contribution in [0.4, 0.5) is 5.69 Å². The first-order chi connectivity index (χ1) is 9.56. The number of anilines is 1. The molecule has 3 rings (SSSR count). The Kier molecular flexibility index (Phi) is 3.99. The summed E-state index contributed by atoms with van der Waals surface area (Å²) in [4.78, 5) is 6.20. The molecule has 0 saturated carbocycles. The number of aliphatic hydroxyl groups is 1. The van der Waals surface area contributed by atoms with E-state index in [0.717, 1.165) is 27.1 Å². The fourth-order valence-corrected chi connectivity index (χ4v) is 4.72. The van der Waals surface area contributed by atoms with E-state index in [1.54, 1.807) is 4.90 Å². The minimum atomic E-state index is -0.612. The number of hydrogen-bond acceptors (Lipinski definition) is 5. The molecule has 1 unspecified atom stereocenters. The SMILES string of the molecule is CN1CCSc2cc(/C=C3\SC(=S)N(C)C3O)ccc21. The summed E-state index contributed by atoms with van der Waals surface area (Å²) < 4.78 is 0.718. The van der Waals surface area contributed by atoms with E-state index in [9.17, 15) is 5.11 Å². The van der Waals surface area contributed by atoms with Crippen LogP contribution in [0.3, 0.4) is 0 Å². The van der Waals surface area contributed by atoms with Gasteiger partial charge in [-0.2, -0.15) is 0 Å². The Hall–Kier alpha value is -0.690. The van der Waals surface area contributed by atoms with Crippen molar-refractivity contribution in [3.8, 4) is 0 Å². The molecule has 0 spiro atoms. The lowest BCUT2D eigenvalue weighted by Crippen LogP contribution is -2.27. The van der Waals surface area contributed by atoms with Gasteiger partial charge in [0.05, 0.1) is 5.69 Å². The van der Waals surface area contributed by atoms with Crippen LogP contribution < -0.4 is 4.90 Å². The Morgan fingerprint density at radius 1 is 1.40 bits per heavy atom. The predicted octanol–water partition coefficient (Wildman–Crippen LogP) is 2.85. The van der Waals surface area contributed by atoms with Gasteiger partial charge in [0.2, 0.25) is 0 Å². The molecule has 1 aromatic rings. The highest BCUT2D eigenvalue weighted by Crippen LogP contribution is 2.37. The van der Waals surface area contributed by atoms with Crippen molar-refractivity contribution in [2.45, 2.75) is 11.1 Å². The van der Waals surface area contributed by atoms with Gasteiger partial charge in [0.15, 0.2) is 6.23 Å². The van der Waals surface area contributed by atoms with Crippen molar-refractivity contribution in [3.05, 3.63) is 28.7 Å². The highest BCUT2D eigenvalue weighted by atomic mass is 32.2. The summed E-state index contributed by atoms with van der Waals surface area (Å²) in [5, 5.41) is 10.1. The molecule has 1 aromatic carbocycles. The standard InChI is InChI=1S/C14H16N2OS3/c1-15-5-6-19-11-7-9(3-4-10(11)15)8-12-13(17)16(2)14(18)20-12/h3-4,7-8,13,17H,5-6H2,1-2H3/b12-8-. The van der Waals surface area contributed by atoms with Crippen LogP contribution in [0, 0.1) is 0 Å². The maximum absolute atomic E-state index is 10.1. The zero-order valence-corrected chi connectivity index (χ0v) is 13.8. The lowest BCUT2D eigenvalue weighted by molar-refractivity contribution is 0.120. The van der Waals surface area contributed by atoms with Gasteiger partial charge in [0, 0.05) is 36.2 Å². The molecule has 0 bridgehead atoms. The first-order valence-corrected chi connectivity index (χ1v) is 8.59. The van der Waals surface area contributed by atoms with Crippen LogP contribution in [0.5, 0.6) is 0 Å². The van der Waals surface area contributed by atoms with Gasteiger partial charge < -0.3 is 14.9 Å². The second kappa shape index (κ2) is 5.60. The molecule has 1 N–H and O–H groups in total. The molecule has 106 valence electrons. The smallest absolute Gasteiger partial charge is 0.160 e. The van der Waals surface area contributed by atoms with Crippen molar-refractivity contribution in [1.82, 2.24) is 4.90 Å². The summed E-state index contributed by atoms with van der Waals surface area (Å²) >= 11 is 8.56. The summed E-state index contributed by atoms with van der Waals surface area (Å²) in [5.74, 6) is 1.12. The number of hydrogen-bond donors (Lipinski definition) is 1. The van der Waals surface area contributed by atoms with E-state index in [-0.39, 0.29) is 0 Å². The van der Waals surface area contributed by atoms with Crippen LogP contribution in [-0.2, 0) is 0 Å². The monoisotopic (exact) mass is 324 g/mol. The average Bonchev–Trinajstić information content (AvgIpc) is 2.67. The maximum Gasteiger partial charge on any atom is 0.160 e. The molecule has 0 radical (unpaired) electrons. The zero-order chi connectivity index (χ0) is 14.3. The van der Waals surface area contributed by atoms with Crippen LogP contribution in [0.25, 0.3) is 6.08 Å². The first-order valence-electron chi connectivity index (χ1n) is 6.38. The lowest BCUT2D eigenvalue weighted by Gasteiger charge is -2.27. The summed E-state index contributed by atoms with van der Waals surface area (Å²) in [6, 6.07) is 6.45. The number of thioether (sulfide) groups is 2. The maximum atomic E-state index is 10.1. The van der Waals surface area contributed by atoms with Crippen LogP contribution >= 0.6 is 35.7 Å². The van der Waals surface area contributed by atoms with Gasteiger partial charge in [-0.3, -0.25) is 0 Å². The highest BCUT2D eigenvalue weighted by Gasteiger charge is 2.28. The molecule has 6 heteroatoms. The van der Waals surface area contributed by atoms with E-state index in [0.29, 0.717) is 0 Å². The van der Waals surface area contributed by atoms with E-state index in [4.69, 9.17) is 12.2 Å². The van der Waals surface area contributed by atoms with Gasteiger partial charge >= 0.3 is 0 Å². The summed E-state index contributed by atoms with van der Waals surface area (Å²) in [7, 11) is 3.94. The summed E-state index contributed by atoms with van der Waals surface area (Å²) in [6.07, 6.45) is 1.42. The number of benzene rings is 1. The van der Waals surface area contributed by atoms with Crippen LogP contribution in [0.1, 0.15) is 5.56 Å². The van der Waals surface area contributed by atoms with Crippen molar-refractivity contribution >= 4 is 51.8 Å². The molecule has 0 amide bonds. The topological polar surface area (TPSA) is 26.7 Å². The van der Waals surface area contributed by atoms with Crippen LogP contribution in [0.15, 0.2) is 28.0 Å². The fourth-order valence-electron chi connectivity index (χ4n) is 2.25. The minimum Gasteiger partial charge on any atom is -0.373 e. The fraction of sp³-hybridized carbons (Fsp3) is 0.357. The Morgan fingerprint density at radius 3 is 2.90 bits per heavy atom. The third kappa shape index (κ3) is 2.57. The van der Waals surface area contributed by atoms with Crippen molar-refractivity contribution in [2.75, 3.05) is 31.3 Å². The number of aliphatic hydroxyl groups excluding tert-OH is 1. The molecule has 2 heterocycles. The second-order valence-corrected chi connectivity index (χ2v) is 7.74. The minimum absolute atomic E-state index is 0.612. The summed E-state index contributed by atoms with van der Waals surface area (Å²) in [5.41, 5.74) is 2.40. The van der Waals surface area contributed by atoms with Crippen molar-refractivity contribution in [1.29, 1.82) is 0 Å². The van der Waals surface area contributed by atoms with Gasteiger partial charge in [0.25, 0.3) is 0 Å². The Labute approximate surface area is 133 Å². The van der Waals surface area contributed by atoms with Gasteiger partial charge in [-0.15, -0.1) is 11.8 Å². The Morgan fingerprint density at radius 2 is 2.20 bits per heavy atom. The number of nitrogens with zero attached hydrogens (tertiary/aromatic N) is 2. The van der Waals surface area contributed by atoms with Gasteiger partial charge in [-0.1, -0.05) is 30.0 Å². The quantitative estimate of drug-likeness (QED) is 0.798. The highest BCUT2D eigenvalue weighted by molar-refractivity contribution is 8.25. The van der Waals surface area contributed by atoms with Crippen molar-refractivity contribution < 1.29 is 5.11 Å². The molecule has 0 aromatic heterocycles. The van der Waals surface area contributed by atoms with E-state index in [1.807, 2.05) is 24.9 Å². The molecule has 1 atom stereocenters. The van der Waals surface area contributed by atoms with Crippen LogP contribution in [0.2, 0.25) is 0 Å². The lowest BCUT2D eigenvalue weighted by atomic mass is 10.1. The number of fused-ring (bicyclic) bond motifs is 1. The first kappa shape index (κ1) is 14.3. The predicted molar refractivity (Wildman–Crippen MR) is 92.4 cm³/mol. The van der Waals surface area contributed by atoms with Gasteiger partial charge in [0.1, 0.15) is 4.32 Å². The average molecular weight is 324 g/mol. The number of rotatable bonds is 1.